The predicted molar refractivity (Wildman–Crippen MR) is 93.0 cm³/mol. The van der Waals surface area contributed by atoms with Gasteiger partial charge < -0.3 is 5.32 Å². The molecule has 1 aliphatic rings. The first-order chi connectivity index (χ1) is 10.6. The number of amides is 1. The van der Waals surface area contributed by atoms with Crippen molar-refractivity contribution in [1.82, 2.24) is 5.32 Å². The van der Waals surface area contributed by atoms with Gasteiger partial charge in [0.05, 0.1) is 10.9 Å². The van der Waals surface area contributed by atoms with E-state index in [1.54, 1.807) is 0 Å². The van der Waals surface area contributed by atoms with Crippen molar-refractivity contribution in [3.63, 3.8) is 0 Å². The van der Waals surface area contributed by atoms with Gasteiger partial charge in [0.15, 0.2) is 5.17 Å². The molecule has 1 atom stereocenters. The van der Waals surface area contributed by atoms with Crippen LogP contribution in [0.4, 0.5) is 5.69 Å². The summed E-state index contributed by atoms with van der Waals surface area (Å²) in [7, 11) is 0. The van der Waals surface area contributed by atoms with E-state index in [1.807, 2.05) is 55.5 Å². The number of nitrogens with zero attached hydrogens (tertiary/aromatic N) is 1. The number of nitrogens with one attached hydrogen (secondary N) is 1. The Kier molecular flexibility index (Phi) is 4.50. The Morgan fingerprint density at radius 2 is 2.00 bits per heavy atom. The van der Waals surface area contributed by atoms with Crippen LogP contribution in [0.15, 0.2) is 53.5 Å². The zero-order chi connectivity index (χ0) is 15.5. The molecule has 1 amide bonds. The highest BCUT2D eigenvalue weighted by molar-refractivity contribution is 8.15. The van der Waals surface area contributed by atoms with Crippen LogP contribution in [0.5, 0.6) is 0 Å². The number of thioether (sulfide) groups is 1. The second kappa shape index (κ2) is 6.55. The first-order valence-electron chi connectivity index (χ1n) is 6.97. The van der Waals surface area contributed by atoms with Crippen LogP contribution in [0.25, 0.3) is 0 Å². The highest BCUT2D eigenvalue weighted by atomic mass is 35.5. The number of aliphatic imine (C=N–C) groups is 1. The lowest BCUT2D eigenvalue weighted by Crippen LogP contribution is -2.25. The van der Waals surface area contributed by atoms with Gasteiger partial charge in [-0.25, -0.2) is 4.99 Å². The molecule has 0 aromatic heterocycles. The molecule has 112 valence electrons. The van der Waals surface area contributed by atoms with Gasteiger partial charge >= 0.3 is 0 Å². The molecule has 0 unspecified atom stereocenters. The van der Waals surface area contributed by atoms with E-state index in [4.69, 9.17) is 11.6 Å². The molecule has 1 heterocycles. The standard InChI is InChI=1S/C17H15ClN2OS/c1-11-5-7-14(8-6-11)19-17-20-16(21)15(22-17)10-12-3-2-4-13(18)9-12/h2-9,15H,10H2,1H3,(H,19,20,21)/t15-/m1/s1. The van der Waals surface area contributed by atoms with Crippen molar-refractivity contribution < 1.29 is 4.79 Å². The number of halogens is 1. The van der Waals surface area contributed by atoms with Crippen LogP contribution in [-0.2, 0) is 11.2 Å². The lowest BCUT2D eigenvalue weighted by Gasteiger charge is -2.05. The first kappa shape index (κ1) is 15.1. The summed E-state index contributed by atoms with van der Waals surface area (Å²) in [5.41, 5.74) is 3.08. The van der Waals surface area contributed by atoms with Crippen molar-refractivity contribution in [2.45, 2.75) is 18.6 Å². The summed E-state index contributed by atoms with van der Waals surface area (Å²) in [5, 5.41) is 4.02. The Hall–Kier alpha value is -1.78. The van der Waals surface area contributed by atoms with Gasteiger partial charge in [0.2, 0.25) is 5.91 Å². The van der Waals surface area contributed by atoms with E-state index in [1.165, 1.54) is 17.3 Å². The molecule has 1 aliphatic heterocycles. The van der Waals surface area contributed by atoms with E-state index >= 15 is 0 Å². The zero-order valence-corrected chi connectivity index (χ0v) is 13.6. The number of carbonyl (C=O) groups is 1. The third-order valence-corrected chi connectivity index (χ3v) is 4.67. The maximum Gasteiger partial charge on any atom is 0.239 e. The first-order valence-corrected chi connectivity index (χ1v) is 8.23. The molecule has 3 nitrogen and oxygen atoms in total. The van der Waals surface area contributed by atoms with Gasteiger partial charge in [0, 0.05) is 5.02 Å². The van der Waals surface area contributed by atoms with Crippen LogP contribution in [-0.4, -0.2) is 16.3 Å². The van der Waals surface area contributed by atoms with Gasteiger partial charge in [-0.3, -0.25) is 4.79 Å². The van der Waals surface area contributed by atoms with Crippen LogP contribution in [0.1, 0.15) is 11.1 Å². The molecule has 0 radical (unpaired) electrons. The van der Waals surface area contributed by atoms with E-state index in [-0.39, 0.29) is 11.2 Å². The predicted octanol–water partition coefficient (Wildman–Crippen LogP) is 4.11. The highest BCUT2D eigenvalue weighted by Crippen LogP contribution is 2.26. The van der Waals surface area contributed by atoms with Crippen LogP contribution < -0.4 is 5.32 Å². The zero-order valence-electron chi connectivity index (χ0n) is 12.0. The molecular weight excluding hydrogens is 316 g/mol. The normalized spacial score (nSPS) is 19.5. The number of rotatable bonds is 3. The quantitative estimate of drug-likeness (QED) is 0.920. The molecule has 0 aliphatic carbocycles. The maximum absolute atomic E-state index is 12.1. The van der Waals surface area contributed by atoms with Crippen molar-refractivity contribution >= 4 is 40.1 Å². The lowest BCUT2D eigenvalue weighted by atomic mass is 10.1. The van der Waals surface area contributed by atoms with E-state index in [0.717, 1.165) is 11.3 Å². The molecule has 0 bridgehead atoms. The average molecular weight is 331 g/mol. The lowest BCUT2D eigenvalue weighted by molar-refractivity contribution is -0.118. The molecule has 5 heteroatoms. The summed E-state index contributed by atoms with van der Waals surface area (Å²) >= 11 is 7.45. The monoisotopic (exact) mass is 330 g/mol. The third kappa shape index (κ3) is 3.70. The molecule has 1 N–H and O–H groups in total. The van der Waals surface area contributed by atoms with Crippen LogP contribution in [0, 0.1) is 6.92 Å². The Labute approximate surface area is 138 Å². The number of carbonyl (C=O) groups excluding carboxylic acids is 1. The molecule has 3 rings (SSSR count). The SMILES string of the molecule is Cc1ccc(N=C2NC(=O)[C@@H](Cc3cccc(Cl)c3)S2)cc1. The minimum absolute atomic E-state index is 0.00385. The van der Waals surface area contributed by atoms with Gasteiger partial charge in [0.25, 0.3) is 0 Å². The largest absolute Gasteiger partial charge is 0.304 e. The topological polar surface area (TPSA) is 41.5 Å². The second-order valence-electron chi connectivity index (χ2n) is 5.18. The van der Waals surface area contributed by atoms with E-state index in [2.05, 4.69) is 10.3 Å². The molecule has 1 saturated heterocycles. The molecule has 22 heavy (non-hydrogen) atoms. The summed E-state index contributed by atoms with van der Waals surface area (Å²) in [5.74, 6) is -0.00385. The van der Waals surface area contributed by atoms with Crippen LogP contribution >= 0.6 is 23.4 Å². The molecule has 1 fully saturated rings. The number of hydrogen-bond acceptors (Lipinski definition) is 3. The minimum Gasteiger partial charge on any atom is -0.304 e. The molecule has 2 aromatic carbocycles. The number of amidine groups is 1. The van der Waals surface area contributed by atoms with Crippen molar-refractivity contribution in [2.75, 3.05) is 0 Å². The Bertz CT molecular complexity index is 728. The summed E-state index contributed by atoms with van der Waals surface area (Å²) in [6.45, 7) is 2.03. The summed E-state index contributed by atoms with van der Waals surface area (Å²) in [4.78, 5) is 16.6. The molecule has 2 aromatic rings. The van der Waals surface area contributed by atoms with Crippen LogP contribution in [0.2, 0.25) is 5.02 Å². The summed E-state index contributed by atoms with van der Waals surface area (Å²) in [6, 6.07) is 15.5. The number of benzene rings is 2. The fourth-order valence-electron chi connectivity index (χ4n) is 2.21. The molecule has 0 spiro atoms. The minimum atomic E-state index is -0.164. The fourth-order valence-corrected chi connectivity index (χ4v) is 3.45. The van der Waals surface area contributed by atoms with Crippen molar-refractivity contribution in [2.24, 2.45) is 4.99 Å². The Morgan fingerprint density at radius 1 is 1.23 bits per heavy atom. The molecular formula is C17H15ClN2OS. The third-order valence-electron chi connectivity index (χ3n) is 3.35. The van der Waals surface area contributed by atoms with Gasteiger partial charge in [-0.15, -0.1) is 0 Å². The van der Waals surface area contributed by atoms with Crippen molar-refractivity contribution in [1.29, 1.82) is 0 Å². The van der Waals surface area contributed by atoms with Gasteiger partial charge in [-0.05, 0) is 43.2 Å². The summed E-state index contributed by atoms with van der Waals surface area (Å²) < 4.78 is 0. The van der Waals surface area contributed by atoms with Gasteiger partial charge in [-0.1, -0.05) is 53.2 Å². The number of aryl methyl sites for hydroxylation is 1. The summed E-state index contributed by atoms with van der Waals surface area (Å²) in [6.07, 6.45) is 0.643. The number of hydrogen-bond donors (Lipinski definition) is 1. The highest BCUT2D eigenvalue weighted by Gasteiger charge is 2.30. The van der Waals surface area contributed by atoms with Crippen LogP contribution in [0.3, 0.4) is 0 Å². The molecule has 0 saturated carbocycles. The fraction of sp³-hybridized carbons (Fsp3) is 0.176. The second-order valence-corrected chi connectivity index (χ2v) is 6.81. The van der Waals surface area contributed by atoms with Gasteiger partial charge in [-0.2, -0.15) is 0 Å². The smallest absolute Gasteiger partial charge is 0.239 e. The average Bonchev–Trinajstić information content (AvgIpc) is 2.81. The maximum atomic E-state index is 12.1. The van der Waals surface area contributed by atoms with Crippen molar-refractivity contribution in [3.05, 3.63) is 64.7 Å². The van der Waals surface area contributed by atoms with E-state index < -0.39 is 0 Å². The van der Waals surface area contributed by atoms with Crippen molar-refractivity contribution in [3.8, 4) is 0 Å². The van der Waals surface area contributed by atoms with E-state index in [9.17, 15) is 4.79 Å². The Balaban J connectivity index is 1.71. The van der Waals surface area contributed by atoms with Gasteiger partial charge in [0.1, 0.15) is 0 Å². The Morgan fingerprint density at radius 3 is 2.73 bits per heavy atom. The van der Waals surface area contributed by atoms with E-state index in [0.29, 0.717) is 16.6 Å².